The summed E-state index contributed by atoms with van der Waals surface area (Å²) in [7, 11) is -3.65. The third-order valence-corrected chi connectivity index (χ3v) is 5.20. The van der Waals surface area contributed by atoms with Crippen LogP contribution in [0, 0.1) is 6.92 Å². The molecule has 2 rings (SSSR count). The van der Waals surface area contributed by atoms with E-state index in [0.717, 1.165) is 0 Å². The average molecular weight is 289 g/mol. The summed E-state index contributed by atoms with van der Waals surface area (Å²) in [6.07, 6.45) is 3.14. The van der Waals surface area contributed by atoms with Crippen LogP contribution >= 0.6 is 11.3 Å². The van der Waals surface area contributed by atoms with E-state index in [-0.39, 0.29) is 15.6 Å². The van der Waals surface area contributed by atoms with E-state index in [4.69, 9.17) is 0 Å². The van der Waals surface area contributed by atoms with Crippen molar-refractivity contribution in [3.05, 3.63) is 27.8 Å². The van der Waals surface area contributed by atoms with Gasteiger partial charge in [-0.05, 0) is 6.92 Å². The van der Waals surface area contributed by atoms with Crippen LogP contribution in [0.4, 0.5) is 0 Å². The van der Waals surface area contributed by atoms with Crippen LogP contribution in [0.5, 0.6) is 0 Å². The van der Waals surface area contributed by atoms with Gasteiger partial charge < -0.3 is 4.98 Å². The summed E-state index contributed by atoms with van der Waals surface area (Å²) < 4.78 is 27.7. The summed E-state index contributed by atoms with van der Waals surface area (Å²) >= 11 is 0.673. The Kier molecular flexibility index (Phi) is 3.59. The van der Waals surface area contributed by atoms with Crippen LogP contribution in [0.25, 0.3) is 0 Å². The third-order valence-electron chi connectivity index (χ3n) is 2.13. The topological polar surface area (TPSA) is 110 Å². The van der Waals surface area contributed by atoms with Crippen LogP contribution in [0.2, 0.25) is 0 Å². The van der Waals surface area contributed by atoms with Gasteiger partial charge in [0.05, 0.1) is 12.7 Å². The van der Waals surface area contributed by atoms with Crippen LogP contribution in [0.1, 0.15) is 5.69 Å². The fourth-order valence-corrected chi connectivity index (χ4v) is 3.72. The lowest BCUT2D eigenvalue weighted by molar-refractivity contribution is 0.553. The van der Waals surface area contributed by atoms with Crippen LogP contribution in [0.15, 0.2) is 21.4 Å². The summed E-state index contributed by atoms with van der Waals surface area (Å²) in [6, 6.07) is 0. The molecular formula is C8H11N5O3S2. The van der Waals surface area contributed by atoms with Gasteiger partial charge in [-0.25, -0.2) is 13.1 Å². The van der Waals surface area contributed by atoms with Gasteiger partial charge in [-0.3, -0.25) is 9.48 Å². The Morgan fingerprint density at radius 3 is 2.89 bits per heavy atom. The number of nitrogens with zero attached hydrogens (tertiary/aromatic N) is 3. The normalized spacial score (nSPS) is 11.8. The van der Waals surface area contributed by atoms with Crippen molar-refractivity contribution in [1.29, 1.82) is 0 Å². The van der Waals surface area contributed by atoms with E-state index in [2.05, 4.69) is 20.0 Å². The number of hydrogen-bond donors (Lipinski definition) is 2. The Morgan fingerprint density at radius 2 is 2.33 bits per heavy atom. The van der Waals surface area contributed by atoms with Gasteiger partial charge in [0.15, 0.2) is 4.21 Å². The zero-order chi connectivity index (χ0) is 13.2. The van der Waals surface area contributed by atoms with Crippen molar-refractivity contribution in [2.24, 2.45) is 0 Å². The first-order valence-corrected chi connectivity index (χ1v) is 7.32. The molecule has 2 aromatic heterocycles. The molecule has 0 saturated carbocycles. The standard InChI is InChI=1S/C8H11N5O3S2/c1-6-7(17-8(14)11-6)18(15,16)10-3-5-13-4-2-9-12-13/h2,4,10H,3,5H2,1H3,(H,11,14). The molecule has 0 radical (unpaired) electrons. The smallest absolute Gasteiger partial charge is 0.305 e. The fraction of sp³-hybridized carbons (Fsp3) is 0.375. The van der Waals surface area contributed by atoms with Gasteiger partial charge in [0.1, 0.15) is 0 Å². The highest BCUT2D eigenvalue weighted by Gasteiger charge is 2.19. The van der Waals surface area contributed by atoms with Gasteiger partial charge in [-0.2, -0.15) is 0 Å². The highest BCUT2D eigenvalue weighted by Crippen LogP contribution is 2.14. The lowest BCUT2D eigenvalue weighted by Crippen LogP contribution is -2.27. The Hall–Kier alpha value is -1.52. The molecule has 0 aliphatic heterocycles. The maximum atomic E-state index is 11.9. The van der Waals surface area contributed by atoms with Gasteiger partial charge >= 0.3 is 4.87 Å². The first-order valence-electron chi connectivity index (χ1n) is 5.02. The minimum atomic E-state index is -3.65. The number of H-pyrrole nitrogens is 1. The third kappa shape index (κ3) is 2.83. The maximum Gasteiger partial charge on any atom is 0.305 e. The Balaban J connectivity index is 2.04. The molecule has 8 nitrogen and oxygen atoms in total. The molecule has 98 valence electrons. The van der Waals surface area contributed by atoms with Crippen LogP contribution in [0.3, 0.4) is 0 Å². The maximum absolute atomic E-state index is 11.9. The molecule has 2 aromatic rings. The number of sulfonamides is 1. The molecule has 10 heteroatoms. The second-order valence-corrected chi connectivity index (χ2v) is 6.44. The SMILES string of the molecule is Cc1[nH]c(=O)sc1S(=O)(=O)NCCn1ccnn1. The average Bonchev–Trinajstić information content (AvgIpc) is 2.88. The number of aromatic nitrogens is 4. The minimum Gasteiger partial charge on any atom is -0.315 e. The van der Waals surface area contributed by atoms with Gasteiger partial charge in [0.25, 0.3) is 10.0 Å². The van der Waals surface area contributed by atoms with Crippen molar-refractivity contribution >= 4 is 21.4 Å². The summed E-state index contributed by atoms with van der Waals surface area (Å²) in [5.74, 6) is 0. The largest absolute Gasteiger partial charge is 0.315 e. The van der Waals surface area contributed by atoms with Gasteiger partial charge in [0.2, 0.25) is 0 Å². The minimum absolute atomic E-state index is 0.0195. The van der Waals surface area contributed by atoms with Crippen LogP contribution in [-0.2, 0) is 16.6 Å². The Bertz CT molecular complexity index is 670. The second-order valence-electron chi connectivity index (χ2n) is 3.49. The molecule has 0 amide bonds. The van der Waals surface area contributed by atoms with Crippen molar-refractivity contribution in [3.8, 4) is 0 Å². The molecule has 0 fully saturated rings. The fourth-order valence-electron chi connectivity index (χ4n) is 1.36. The van der Waals surface area contributed by atoms with Crippen molar-refractivity contribution in [1.82, 2.24) is 24.7 Å². The predicted octanol–water partition coefficient (Wildman–Crippen LogP) is -0.685. The van der Waals surface area contributed by atoms with E-state index in [0.29, 0.717) is 23.6 Å². The lowest BCUT2D eigenvalue weighted by Gasteiger charge is -2.04. The number of aromatic amines is 1. The van der Waals surface area contributed by atoms with E-state index in [1.807, 2.05) is 0 Å². The van der Waals surface area contributed by atoms with Gasteiger partial charge in [0, 0.05) is 18.4 Å². The Morgan fingerprint density at radius 1 is 1.56 bits per heavy atom. The first-order chi connectivity index (χ1) is 8.49. The molecule has 0 atom stereocenters. The molecule has 0 aromatic carbocycles. The molecular weight excluding hydrogens is 278 g/mol. The first kappa shape index (κ1) is 12.9. The quantitative estimate of drug-likeness (QED) is 0.757. The molecule has 0 spiro atoms. The highest BCUT2D eigenvalue weighted by molar-refractivity contribution is 7.91. The van der Waals surface area contributed by atoms with Crippen molar-refractivity contribution in [2.75, 3.05) is 6.54 Å². The number of hydrogen-bond acceptors (Lipinski definition) is 6. The molecule has 2 N–H and O–H groups in total. The van der Waals surface area contributed by atoms with Crippen LogP contribution < -0.4 is 9.60 Å². The van der Waals surface area contributed by atoms with Crippen molar-refractivity contribution in [2.45, 2.75) is 17.7 Å². The van der Waals surface area contributed by atoms with Gasteiger partial charge in [-0.15, -0.1) is 5.10 Å². The zero-order valence-corrected chi connectivity index (χ0v) is 11.1. The van der Waals surface area contributed by atoms with Crippen molar-refractivity contribution in [3.63, 3.8) is 0 Å². The highest BCUT2D eigenvalue weighted by atomic mass is 32.2. The summed E-state index contributed by atoms with van der Waals surface area (Å²) in [5.41, 5.74) is 0.346. The molecule has 0 unspecified atom stereocenters. The van der Waals surface area contributed by atoms with E-state index in [1.54, 1.807) is 13.1 Å². The number of rotatable bonds is 5. The molecule has 0 saturated heterocycles. The lowest BCUT2D eigenvalue weighted by atomic mass is 10.6. The second kappa shape index (κ2) is 5.00. The van der Waals surface area contributed by atoms with Gasteiger partial charge in [-0.1, -0.05) is 16.6 Å². The van der Waals surface area contributed by atoms with Crippen molar-refractivity contribution < 1.29 is 8.42 Å². The molecule has 2 heterocycles. The van der Waals surface area contributed by atoms with E-state index >= 15 is 0 Å². The van der Waals surface area contributed by atoms with Crippen LogP contribution in [-0.4, -0.2) is 34.9 Å². The zero-order valence-electron chi connectivity index (χ0n) is 9.45. The molecule has 0 aliphatic carbocycles. The molecule has 0 aliphatic rings. The number of aryl methyl sites for hydroxylation is 1. The Labute approximate surface area is 107 Å². The molecule has 18 heavy (non-hydrogen) atoms. The van der Waals surface area contributed by atoms with E-state index in [1.165, 1.54) is 10.9 Å². The number of thiazole rings is 1. The summed E-state index contributed by atoms with van der Waals surface area (Å²) in [5, 5.41) is 7.31. The summed E-state index contributed by atoms with van der Waals surface area (Å²) in [4.78, 5) is 13.1. The summed E-state index contributed by atoms with van der Waals surface area (Å²) in [6.45, 7) is 2.10. The van der Waals surface area contributed by atoms with E-state index < -0.39 is 10.0 Å². The van der Waals surface area contributed by atoms with E-state index in [9.17, 15) is 13.2 Å². The predicted molar refractivity (Wildman–Crippen MR) is 64.9 cm³/mol. The molecule has 0 bridgehead atoms. The monoisotopic (exact) mass is 289 g/mol. The number of nitrogens with one attached hydrogen (secondary N) is 2.